The average Bonchev–Trinajstić information content (AvgIpc) is 2.72. The Kier molecular flexibility index (Phi) is 3.50. The summed E-state index contributed by atoms with van der Waals surface area (Å²) in [6, 6.07) is 5.25. The maximum Gasteiger partial charge on any atom is 0.187 e. The number of nitrogens with zero attached hydrogens (tertiary/aromatic N) is 2. The molecule has 0 aliphatic rings. The Morgan fingerprint density at radius 1 is 1.41 bits per heavy atom. The minimum atomic E-state index is -0.0743. The van der Waals surface area contributed by atoms with E-state index in [0.717, 1.165) is 5.56 Å². The number of aryl methyl sites for hydroxylation is 1. The predicted molar refractivity (Wildman–Crippen MR) is 67.7 cm³/mol. The van der Waals surface area contributed by atoms with Crippen LogP contribution in [0.1, 0.15) is 16.1 Å². The minimum absolute atomic E-state index is 0.0743. The zero-order valence-corrected chi connectivity index (χ0v) is 10.7. The second kappa shape index (κ2) is 4.90. The Bertz CT molecular complexity index is 563. The number of hydrogen-bond acceptors (Lipinski definition) is 2. The summed E-state index contributed by atoms with van der Waals surface area (Å²) in [7, 11) is 1.82. The molecule has 0 fully saturated rings. The molecular formula is C12H10Cl2N2O. The number of Topliss-reactive ketones (excluding diaryl/α,β-unsaturated/α-hetero) is 1. The zero-order chi connectivity index (χ0) is 12.4. The van der Waals surface area contributed by atoms with Crippen LogP contribution in [0.25, 0.3) is 0 Å². The van der Waals surface area contributed by atoms with Crippen molar-refractivity contribution in [3.63, 3.8) is 0 Å². The van der Waals surface area contributed by atoms with Crippen LogP contribution in [0, 0.1) is 0 Å². The van der Waals surface area contributed by atoms with Crippen molar-refractivity contribution in [3.8, 4) is 0 Å². The number of benzene rings is 1. The van der Waals surface area contributed by atoms with Gasteiger partial charge in [-0.3, -0.25) is 4.79 Å². The smallest absolute Gasteiger partial charge is 0.187 e. The molecule has 0 aliphatic carbocycles. The number of ketones is 1. The summed E-state index contributed by atoms with van der Waals surface area (Å²) in [6.45, 7) is 0. The van der Waals surface area contributed by atoms with E-state index in [1.54, 1.807) is 35.3 Å². The maximum absolute atomic E-state index is 11.9. The first-order chi connectivity index (χ1) is 8.08. The van der Waals surface area contributed by atoms with Crippen molar-refractivity contribution in [2.24, 2.45) is 7.05 Å². The van der Waals surface area contributed by atoms with Crippen molar-refractivity contribution >= 4 is 29.0 Å². The Balaban J connectivity index is 2.21. The van der Waals surface area contributed by atoms with E-state index in [4.69, 9.17) is 23.2 Å². The molecule has 0 aliphatic heterocycles. The van der Waals surface area contributed by atoms with Crippen molar-refractivity contribution in [2.45, 2.75) is 6.42 Å². The molecule has 1 aromatic heterocycles. The van der Waals surface area contributed by atoms with Crippen LogP contribution in [-0.4, -0.2) is 15.3 Å². The van der Waals surface area contributed by atoms with E-state index in [0.29, 0.717) is 15.7 Å². The number of rotatable bonds is 3. The molecule has 17 heavy (non-hydrogen) atoms. The fourth-order valence-corrected chi connectivity index (χ4v) is 1.89. The van der Waals surface area contributed by atoms with Crippen LogP contribution in [0.3, 0.4) is 0 Å². The van der Waals surface area contributed by atoms with Crippen LogP contribution in [0.2, 0.25) is 10.0 Å². The van der Waals surface area contributed by atoms with Gasteiger partial charge in [-0.15, -0.1) is 0 Å². The summed E-state index contributed by atoms with van der Waals surface area (Å²) in [5.41, 5.74) is 1.15. The quantitative estimate of drug-likeness (QED) is 0.802. The van der Waals surface area contributed by atoms with Gasteiger partial charge in [0.15, 0.2) is 5.78 Å². The number of halogens is 2. The lowest BCUT2D eigenvalue weighted by Crippen LogP contribution is -2.04. The van der Waals surface area contributed by atoms with Gasteiger partial charge in [0.25, 0.3) is 0 Å². The van der Waals surface area contributed by atoms with E-state index in [1.165, 1.54) is 0 Å². The molecule has 0 atom stereocenters. The number of carbonyl (C=O) groups is 1. The highest BCUT2D eigenvalue weighted by molar-refractivity contribution is 6.42. The highest BCUT2D eigenvalue weighted by atomic mass is 35.5. The molecule has 0 bridgehead atoms. The van der Waals surface area contributed by atoms with Crippen molar-refractivity contribution in [1.29, 1.82) is 0 Å². The topological polar surface area (TPSA) is 34.9 Å². The van der Waals surface area contributed by atoms with E-state index in [-0.39, 0.29) is 12.2 Å². The first kappa shape index (κ1) is 12.1. The molecule has 0 N–H and O–H groups in total. The highest BCUT2D eigenvalue weighted by Gasteiger charge is 2.13. The first-order valence-electron chi connectivity index (χ1n) is 5.02. The molecule has 0 saturated carbocycles. The van der Waals surface area contributed by atoms with E-state index < -0.39 is 0 Å². The minimum Gasteiger partial charge on any atom is -0.340 e. The molecule has 2 aromatic rings. The van der Waals surface area contributed by atoms with Crippen molar-refractivity contribution in [1.82, 2.24) is 9.55 Å². The first-order valence-corrected chi connectivity index (χ1v) is 5.77. The van der Waals surface area contributed by atoms with Crippen molar-refractivity contribution in [2.75, 3.05) is 0 Å². The molecule has 1 heterocycles. The van der Waals surface area contributed by atoms with Crippen LogP contribution >= 0.6 is 23.2 Å². The van der Waals surface area contributed by atoms with Gasteiger partial charge in [0.2, 0.25) is 0 Å². The van der Waals surface area contributed by atoms with Gasteiger partial charge >= 0.3 is 0 Å². The fourth-order valence-electron chi connectivity index (χ4n) is 1.51. The van der Waals surface area contributed by atoms with Gasteiger partial charge in [-0.1, -0.05) is 35.3 Å². The van der Waals surface area contributed by atoms with E-state index in [1.807, 2.05) is 7.05 Å². The molecule has 0 unspecified atom stereocenters. The third-order valence-electron chi connectivity index (χ3n) is 2.37. The largest absolute Gasteiger partial charge is 0.340 e. The molecule has 3 nitrogen and oxygen atoms in total. The summed E-state index contributed by atoms with van der Waals surface area (Å²) in [5, 5.41) is 0.886. The van der Waals surface area contributed by atoms with Crippen LogP contribution in [0.4, 0.5) is 0 Å². The normalized spacial score (nSPS) is 10.5. The fraction of sp³-hybridized carbons (Fsp3) is 0.167. The summed E-state index contributed by atoms with van der Waals surface area (Å²) in [4.78, 5) is 15.9. The van der Waals surface area contributed by atoms with Gasteiger partial charge in [0, 0.05) is 19.7 Å². The molecule has 0 radical (unpaired) electrons. The van der Waals surface area contributed by atoms with Crippen molar-refractivity contribution in [3.05, 3.63) is 52.0 Å². The van der Waals surface area contributed by atoms with Gasteiger partial charge in [-0.25, -0.2) is 4.98 Å². The summed E-state index contributed by atoms with van der Waals surface area (Å²) < 4.78 is 1.73. The molecule has 5 heteroatoms. The number of carbonyl (C=O) groups excluding carboxylic acids is 1. The molecule has 0 amide bonds. The van der Waals surface area contributed by atoms with Gasteiger partial charge < -0.3 is 4.57 Å². The van der Waals surface area contributed by atoms with Gasteiger partial charge in [-0.05, 0) is 11.6 Å². The van der Waals surface area contributed by atoms with E-state index in [2.05, 4.69) is 4.98 Å². The molecule has 1 aromatic carbocycles. The zero-order valence-electron chi connectivity index (χ0n) is 9.15. The summed E-state index contributed by atoms with van der Waals surface area (Å²) in [5.74, 6) is -0.0743. The molecule has 0 spiro atoms. The predicted octanol–water partition coefficient (Wildman–Crippen LogP) is 3.15. The lowest BCUT2D eigenvalue weighted by molar-refractivity contribution is 0.0988. The Morgan fingerprint density at radius 3 is 2.82 bits per heavy atom. The van der Waals surface area contributed by atoms with Gasteiger partial charge in [0.1, 0.15) is 5.69 Å². The van der Waals surface area contributed by atoms with Crippen LogP contribution in [-0.2, 0) is 13.5 Å². The molecule has 88 valence electrons. The molecule has 0 saturated heterocycles. The number of hydrogen-bond donors (Lipinski definition) is 0. The average molecular weight is 269 g/mol. The Labute approximate surface area is 109 Å². The number of imidazole rings is 1. The van der Waals surface area contributed by atoms with E-state index in [9.17, 15) is 4.79 Å². The third-order valence-corrected chi connectivity index (χ3v) is 3.23. The monoisotopic (exact) mass is 268 g/mol. The Hall–Kier alpha value is -1.32. The lowest BCUT2D eigenvalue weighted by atomic mass is 10.1. The van der Waals surface area contributed by atoms with Crippen molar-refractivity contribution < 1.29 is 4.79 Å². The van der Waals surface area contributed by atoms with Crippen LogP contribution in [0.15, 0.2) is 30.7 Å². The standard InChI is InChI=1S/C12H10Cl2N2O/c1-16-6-10(15-7-16)11(17)5-8-3-2-4-9(13)12(8)14/h2-4,6-7H,5H2,1H3. The van der Waals surface area contributed by atoms with Gasteiger partial charge in [-0.2, -0.15) is 0 Å². The molecular weight excluding hydrogens is 259 g/mol. The second-order valence-electron chi connectivity index (χ2n) is 3.74. The lowest BCUT2D eigenvalue weighted by Gasteiger charge is -2.03. The van der Waals surface area contributed by atoms with Gasteiger partial charge in [0.05, 0.1) is 16.4 Å². The SMILES string of the molecule is Cn1cnc(C(=O)Cc2cccc(Cl)c2Cl)c1. The van der Waals surface area contributed by atoms with Crippen LogP contribution in [0.5, 0.6) is 0 Å². The highest BCUT2D eigenvalue weighted by Crippen LogP contribution is 2.26. The summed E-state index contributed by atoms with van der Waals surface area (Å²) >= 11 is 11.9. The number of aromatic nitrogens is 2. The third kappa shape index (κ3) is 2.68. The van der Waals surface area contributed by atoms with E-state index >= 15 is 0 Å². The maximum atomic E-state index is 11.9. The second-order valence-corrected chi connectivity index (χ2v) is 4.52. The molecule has 2 rings (SSSR count). The Morgan fingerprint density at radius 2 is 2.18 bits per heavy atom. The van der Waals surface area contributed by atoms with Crippen LogP contribution < -0.4 is 0 Å². The summed E-state index contributed by atoms with van der Waals surface area (Å²) in [6.07, 6.45) is 3.48.